The highest BCUT2D eigenvalue weighted by Gasteiger charge is 2.27. The number of fused-ring (bicyclic) bond motifs is 1. The van der Waals surface area contributed by atoms with E-state index < -0.39 is 0 Å². The van der Waals surface area contributed by atoms with Gasteiger partial charge in [-0.2, -0.15) is 0 Å². The Bertz CT molecular complexity index is 873. The molecule has 1 amide bonds. The Hall–Kier alpha value is -3.02. The van der Waals surface area contributed by atoms with Crippen LogP contribution in [-0.4, -0.2) is 37.6 Å². The summed E-state index contributed by atoms with van der Waals surface area (Å²) in [5, 5.41) is 7.53. The topological polar surface area (TPSA) is 63.9 Å². The molecule has 0 N–H and O–H groups in total. The molecule has 2 aromatic heterocycles. The molecule has 1 atom stereocenters. The van der Waals surface area contributed by atoms with Gasteiger partial charge in [0.15, 0.2) is 0 Å². The average Bonchev–Trinajstić information content (AvgIpc) is 3.21. The van der Waals surface area contributed by atoms with E-state index in [-0.39, 0.29) is 11.9 Å². The normalized spacial score (nSPS) is 16.3. The van der Waals surface area contributed by atoms with Gasteiger partial charge in [-0.3, -0.25) is 9.36 Å². The molecule has 0 fully saturated rings. The zero-order chi connectivity index (χ0) is 17.2. The number of carbonyl (C=O) groups excluding carboxylic acids is 1. The second kappa shape index (κ2) is 6.47. The molecular weight excluding hydrogens is 314 g/mol. The minimum Gasteiger partial charge on any atom is -0.335 e. The fourth-order valence-electron chi connectivity index (χ4n) is 3.46. The van der Waals surface area contributed by atoms with Crippen LogP contribution >= 0.6 is 0 Å². The summed E-state index contributed by atoms with van der Waals surface area (Å²) in [6.45, 7) is 0. The fourth-order valence-corrected chi connectivity index (χ4v) is 3.46. The van der Waals surface area contributed by atoms with E-state index in [1.54, 1.807) is 35.6 Å². The van der Waals surface area contributed by atoms with Crippen LogP contribution in [0.4, 0.5) is 0 Å². The monoisotopic (exact) mass is 333 g/mol. The quantitative estimate of drug-likeness (QED) is 0.739. The van der Waals surface area contributed by atoms with Crippen LogP contribution in [-0.2, 0) is 6.42 Å². The predicted octanol–water partition coefficient (Wildman–Crippen LogP) is 2.81. The van der Waals surface area contributed by atoms with Gasteiger partial charge in [0.1, 0.15) is 18.5 Å². The maximum atomic E-state index is 12.9. The first kappa shape index (κ1) is 15.5. The van der Waals surface area contributed by atoms with E-state index in [4.69, 9.17) is 0 Å². The van der Waals surface area contributed by atoms with Crippen molar-refractivity contribution in [3.05, 3.63) is 71.9 Å². The van der Waals surface area contributed by atoms with Gasteiger partial charge in [0.05, 0.1) is 11.6 Å². The highest BCUT2D eigenvalue weighted by atomic mass is 16.2. The van der Waals surface area contributed by atoms with Gasteiger partial charge >= 0.3 is 0 Å². The van der Waals surface area contributed by atoms with Crippen LogP contribution in [0.15, 0.2) is 55.2 Å². The molecule has 2 heterocycles. The van der Waals surface area contributed by atoms with Crippen molar-refractivity contribution in [3.8, 4) is 5.82 Å². The zero-order valence-corrected chi connectivity index (χ0v) is 14.0. The van der Waals surface area contributed by atoms with Crippen LogP contribution < -0.4 is 0 Å². The second-order valence-electron chi connectivity index (χ2n) is 6.30. The molecule has 0 saturated heterocycles. The Morgan fingerprint density at radius 3 is 2.72 bits per heavy atom. The van der Waals surface area contributed by atoms with Crippen molar-refractivity contribution < 1.29 is 4.79 Å². The van der Waals surface area contributed by atoms with Gasteiger partial charge in [-0.1, -0.05) is 24.3 Å². The summed E-state index contributed by atoms with van der Waals surface area (Å²) in [4.78, 5) is 19.1. The molecule has 1 aliphatic rings. The molecule has 6 nitrogen and oxygen atoms in total. The van der Waals surface area contributed by atoms with Crippen molar-refractivity contribution in [3.63, 3.8) is 0 Å². The number of rotatable bonds is 3. The van der Waals surface area contributed by atoms with Gasteiger partial charge in [0.25, 0.3) is 5.91 Å². The first-order valence-electron chi connectivity index (χ1n) is 8.40. The number of carbonyl (C=O) groups is 1. The summed E-state index contributed by atoms with van der Waals surface area (Å²) in [5.74, 6) is 0.678. The molecule has 1 aliphatic carbocycles. The number of nitrogens with zero attached hydrogens (tertiary/aromatic N) is 5. The van der Waals surface area contributed by atoms with Crippen molar-refractivity contribution in [2.45, 2.75) is 25.3 Å². The summed E-state index contributed by atoms with van der Waals surface area (Å²) in [5.41, 5.74) is 3.19. The molecule has 0 radical (unpaired) electrons. The molecule has 0 saturated carbocycles. The van der Waals surface area contributed by atoms with Gasteiger partial charge < -0.3 is 4.90 Å². The fraction of sp³-hybridized carbons (Fsp3) is 0.263. The van der Waals surface area contributed by atoms with Crippen LogP contribution in [0.2, 0.25) is 0 Å². The first-order chi connectivity index (χ1) is 12.2. The van der Waals surface area contributed by atoms with E-state index in [0.29, 0.717) is 11.4 Å². The molecule has 0 aliphatic heterocycles. The second-order valence-corrected chi connectivity index (χ2v) is 6.30. The Morgan fingerprint density at radius 2 is 1.96 bits per heavy atom. The number of pyridine rings is 1. The lowest BCUT2D eigenvalue weighted by Crippen LogP contribution is -2.33. The minimum absolute atomic E-state index is 0.00971. The molecule has 4 rings (SSSR count). The van der Waals surface area contributed by atoms with Crippen LogP contribution in [0, 0.1) is 0 Å². The Morgan fingerprint density at radius 1 is 1.16 bits per heavy atom. The highest BCUT2D eigenvalue weighted by Crippen LogP contribution is 2.34. The lowest BCUT2D eigenvalue weighted by molar-refractivity contribution is 0.0714. The van der Waals surface area contributed by atoms with Crippen LogP contribution in [0.5, 0.6) is 0 Å². The summed E-state index contributed by atoms with van der Waals surface area (Å²) >= 11 is 0. The lowest BCUT2D eigenvalue weighted by atomic mass is 9.87. The predicted molar refractivity (Wildman–Crippen MR) is 93.4 cm³/mol. The third-order valence-corrected chi connectivity index (χ3v) is 4.80. The molecule has 126 valence electrons. The van der Waals surface area contributed by atoms with Gasteiger partial charge in [-0.15, -0.1) is 10.2 Å². The van der Waals surface area contributed by atoms with Crippen molar-refractivity contribution in [2.24, 2.45) is 0 Å². The SMILES string of the molecule is CN(C(=O)c1ccc(-n2cnnc2)nc1)[C@H]1CCCc2ccccc21. The van der Waals surface area contributed by atoms with Gasteiger partial charge in [-0.05, 0) is 42.5 Å². The first-order valence-corrected chi connectivity index (χ1v) is 8.40. The molecule has 0 bridgehead atoms. The van der Waals surface area contributed by atoms with Crippen LogP contribution in [0.3, 0.4) is 0 Å². The smallest absolute Gasteiger partial charge is 0.255 e. The largest absolute Gasteiger partial charge is 0.335 e. The molecule has 25 heavy (non-hydrogen) atoms. The van der Waals surface area contributed by atoms with Gasteiger partial charge in [-0.25, -0.2) is 4.98 Å². The van der Waals surface area contributed by atoms with Crippen molar-refractivity contribution in [1.29, 1.82) is 0 Å². The number of hydrogen-bond acceptors (Lipinski definition) is 4. The molecule has 0 spiro atoms. The highest BCUT2D eigenvalue weighted by molar-refractivity contribution is 5.94. The van der Waals surface area contributed by atoms with E-state index in [2.05, 4.69) is 33.4 Å². The average molecular weight is 333 g/mol. The van der Waals surface area contributed by atoms with E-state index in [9.17, 15) is 4.79 Å². The van der Waals surface area contributed by atoms with E-state index in [1.807, 2.05) is 18.0 Å². The van der Waals surface area contributed by atoms with E-state index >= 15 is 0 Å². The van der Waals surface area contributed by atoms with Crippen molar-refractivity contribution >= 4 is 5.91 Å². The Kier molecular flexibility index (Phi) is 4.01. The molecular formula is C19H19N5O. The summed E-state index contributed by atoms with van der Waals surface area (Å²) in [7, 11) is 1.88. The van der Waals surface area contributed by atoms with E-state index in [1.165, 1.54) is 11.1 Å². The Labute approximate surface area is 146 Å². The molecule has 1 aromatic carbocycles. The summed E-state index contributed by atoms with van der Waals surface area (Å²) in [6.07, 6.45) is 7.95. The molecule has 0 unspecified atom stereocenters. The number of hydrogen-bond donors (Lipinski definition) is 0. The van der Waals surface area contributed by atoms with E-state index in [0.717, 1.165) is 19.3 Å². The van der Waals surface area contributed by atoms with Gasteiger partial charge in [0, 0.05) is 13.2 Å². The number of aromatic nitrogens is 4. The summed E-state index contributed by atoms with van der Waals surface area (Å²) < 4.78 is 1.70. The van der Waals surface area contributed by atoms with Crippen molar-refractivity contribution in [2.75, 3.05) is 7.05 Å². The Balaban J connectivity index is 1.57. The van der Waals surface area contributed by atoms with Crippen LogP contribution in [0.25, 0.3) is 5.82 Å². The lowest BCUT2D eigenvalue weighted by Gasteiger charge is -2.33. The van der Waals surface area contributed by atoms with Crippen molar-refractivity contribution in [1.82, 2.24) is 24.6 Å². The third-order valence-electron chi connectivity index (χ3n) is 4.80. The number of aryl methyl sites for hydroxylation is 1. The maximum Gasteiger partial charge on any atom is 0.255 e. The van der Waals surface area contributed by atoms with Gasteiger partial charge in [0.2, 0.25) is 0 Å². The third kappa shape index (κ3) is 2.91. The number of amides is 1. The summed E-state index contributed by atoms with van der Waals surface area (Å²) in [6, 6.07) is 12.1. The minimum atomic E-state index is -0.00971. The molecule has 6 heteroatoms. The maximum absolute atomic E-state index is 12.9. The zero-order valence-electron chi connectivity index (χ0n) is 14.0. The molecule has 3 aromatic rings. The van der Waals surface area contributed by atoms with Crippen LogP contribution in [0.1, 0.15) is 40.4 Å². The standard InChI is InChI=1S/C19H19N5O/c1-23(17-8-4-6-14-5-2-3-7-16(14)17)19(25)15-9-10-18(20-11-15)24-12-21-22-13-24/h2-3,5,7,9-13,17H,4,6,8H2,1H3/t17-/m0/s1. The number of benzene rings is 1.